The van der Waals surface area contributed by atoms with E-state index < -0.39 is 0 Å². The number of aliphatic imine (C=N–C) groups is 1. The van der Waals surface area contributed by atoms with Crippen LogP contribution in [0.25, 0.3) is 0 Å². The van der Waals surface area contributed by atoms with Gasteiger partial charge in [0, 0.05) is 11.8 Å². The zero-order chi connectivity index (χ0) is 13.7. The zero-order valence-corrected chi connectivity index (χ0v) is 12.9. The van der Waals surface area contributed by atoms with Crippen LogP contribution >= 0.6 is 11.8 Å². The van der Waals surface area contributed by atoms with Crippen molar-refractivity contribution in [2.45, 2.75) is 45.7 Å². The van der Waals surface area contributed by atoms with Gasteiger partial charge in [-0.2, -0.15) is 0 Å². The predicted molar refractivity (Wildman–Crippen MR) is 85.7 cm³/mol. The maximum absolute atomic E-state index is 4.82. The molecule has 1 aromatic carbocycles. The Bertz CT molecular complexity index is 412. The molecule has 0 radical (unpaired) electrons. The first-order valence-electron chi connectivity index (χ1n) is 7.26. The summed E-state index contributed by atoms with van der Waals surface area (Å²) in [6, 6.07) is 11.4. The summed E-state index contributed by atoms with van der Waals surface area (Å²) < 4.78 is 0. The smallest absolute Gasteiger partial charge is 0.157 e. The molecule has 1 aromatic rings. The van der Waals surface area contributed by atoms with Crippen molar-refractivity contribution < 1.29 is 0 Å². The molecule has 3 heteroatoms. The molecule has 0 fully saturated rings. The lowest BCUT2D eigenvalue weighted by Gasteiger charge is -2.22. The van der Waals surface area contributed by atoms with E-state index in [-0.39, 0.29) is 0 Å². The summed E-state index contributed by atoms with van der Waals surface area (Å²) in [4.78, 5) is 4.82. The molecule has 0 bridgehead atoms. The first kappa shape index (κ1) is 14.4. The minimum absolute atomic E-state index is 0.322. The third kappa shape index (κ3) is 3.75. The SMILES string of the molecule is CCC(CC)C(C)NC1=NC(c2ccccc2)CS1. The van der Waals surface area contributed by atoms with Gasteiger partial charge in [0.15, 0.2) is 5.17 Å². The molecule has 1 heterocycles. The van der Waals surface area contributed by atoms with Gasteiger partial charge in [-0.05, 0) is 18.4 Å². The molecule has 0 amide bonds. The van der Waals surface area contributed by atoms with Crippen molar-refractivity contribution in [3.8, 4) is 0 Å². The molecular weight excluding hydrogens is 252 g/mol. The van der Waals surface area contributed by atoms with Gasteiger partial charge in [0.1, 0.15) is 0 Å². The van der Waals surface area contributed by atoms with Crippen LogP contribution < -0.4 is 5.32 Å². The van der Waals surface area contributed by atoms with Crippen LogP contribution in [0.1, 0.15) is 45.2 Å². The third-order valence-electron chi connectivity index (χ3n) is 3.94. The quantitative estimate of drug-likeness (QED) is 0.869. The van der Waals surface area contributed by atoms with Crippen molar-refractivity contribution in [1.82, 2.24) is 5.32 Å². The Labute approximate surface area is 121 Å². The molecule has 2 atom stereocenters. The highest BCUT2D eigenvalue weighted by molar-refractivity contribution is 8.14. The number of hydrogen-bond acceptors (Lipinski definition) is 3. The number of rotatable bonds is 5. The van der Waals surface area contributed by atoms with E-state index in [1.807, 2.05) is 11.8 Å². The van der Waals surface area contributed by atoms with Crippen LogP contribution in [0.5, 0.6) is 0 Å². The fraction of sp³-hybridized carbons (Fsp3) is 0.562. The van der Waals surface area contributed by atoms with E-state index in [1.54, 1.807) is 0 Å². The fourth-order valence-corrected chi connectivity index (χ4v) is 3.66. The summed E-state index contributed by atoms with van der Waals surface area (Å²) in [5.74, 6) is 1.79. The Kier molecular flexibility index (Phi) is 5.32. The second-order valence-corrected chi connectivity index (χ2v) is 6.19. The molecule has 104 valence electrons. The number of thioether (sulfide) groups is 1. The molecule has 2 nitrogen and oxygen atoms in total. The summed E-state index contributed by atoms with van der Waals surface area (Å²) in [5, 5.41) is 4.71. The van der Waals surface area contributed by atoms with Crippen LogP contribution in [0.15, 0.2) is 35.3 Å². The molecule has 2 rings (SSSR count). The second kappa shape index (κ2) is 6.99. The van der Waals surface area contributed by atoms with Gasteiger partial charge in [0.2, 0.25) is 0 Å². The van der Waals surface area contributed by atoms with Gasteiger partial charge in [0.25, 0.3) is 0 Å². The van der Waals surface area contributed by atoms with E-state index in [0.29, 0.717) is 12.1 Å². The molecule has 1 aliphatic rings. The third-order valence-corrected chi connectivity index (χ3v) is 4.92. The second-order valence-electron chi connectivity index (χ2n) is 5.18. The van der Waals surface area contributed by atoms with E-state index in [9.17, 15) is 0 Å². The number of nitrogens with one attached hydrogen (secondary N) is 1. The molecular formula is C16H24N2S. The van der Waals surface area contributed by atoms with E-state index in [1.165, 1.54) is 18.4 Å². The van der Waals surface area contributed by atoms with E-state index in [4.69, 9.17) is 4.99 Å². The Morgan fingerprint density at radius 2 is 1.95 bits per heavy atom. The first-order valence-corrected chi connectivity index (χ1v) is 8.25. The number of nitrogens with zero attached hydrogens (tertiary/aromatic N) is 1. The fourth-order valence-electron chi connectivity index (χ4n) is 2.61. The van der Waals surface area contributed by atoms with Crippen LogP contribution in [0, 0.1) is 5.92 Å². The maximum Gasteiger partial charge on any atom is 0.157 e. The lowest BCUT2D eigenvalue weighted by Crippen LogP contribution is -2.35. The molecule has 0 saturated carbocycles. The molecule has 0 aromatic heterocycles. The Balaban J connectivity index is 1.96. The highest BCUT2D eigenvalue weighted by Crippen LogP contribution is 2.29. The summed E-state index contributed by atoms with van der Waals surface area (Å²) in [6.07, 6.45) is 2.45. The largest absolute Gasteiger partial charge is 0.362 e. The lowest BCUT2D eigenvalue weighted by molar-refractivity contribution is 0.392. The zero-order valence-electron chi connectivity index (χ0n) is 12.1. The Morgan fingerprint density at radius 3 is 2.58 bits per heavy atom. The summed E-state index contributed by atoms with van der Waals surface area (Å²) in [7, 11) is 0. The van der Waals surface area contributed by atoms with E-state index in [2.05, 4.69) is 56.4 Å². The first-order chi connectivity index (χ1) is 9.24. The number of benzene rings is 1. The maximum atomic E-state index is 4.82. The highest BCUT2D eigenvalue weighted by atomic mass is 32.2. The standard InChI is InChI=1S/C16H24N2S/c1-4-13(5-2)12(3)17-16-18-15(11-19-16)14-9-7-6-8-10-14/h6-10,12-13,15H,4-5,11H2,1-3H3,(H,17,18). The molecule has 0 saturated heterocycles. The summed E-state index contributed by atoms with van der Waals surface area (Å²) >= 11 is 1.85. The molecule has 1 aliphatic heterocycles. The average molecular weight is 276 g/mol. The Morgan fingerprint density at radius 1 is 1.26 bits per heavy atom. The van der Waals surface area contributed by atoms with Crippen LogP contribution in [0.4, 0.5) is 0 Å². The van der Waals surface area contributed by atoms with Crippen molar-refractivity contribution in [3.05, 3.63) is 35.9 Å². The van der Waals surface area contributed by atoms with Crippen LogP contribution in [-0.2, 0) is 0 Å². The predicted octanol–water partition coefficient (Wildman–Crippen LogP) is 4.24. The monoisotopic (exact) mass is 276 g/mol. The van der Waals surface area contributed by atoms with E-state index in [0.717, 1.165) is 16.8 Å². The summed E-state index contributed by atoms with van der Waals surface area (Å²) in [6.45, 7) is 6.81. The van der Waals surface area contributed by atoms with Crippen LogP contribution in [-0.4, -0.2) is 17.0 Å². The minimum atomic E-state index is 0.322. The van der Waals surface area contributed by atoms with Gasteiger partial charge in [-0.3, -0.25) is 4.99 Å². The van der Waals surface area contributed by atoms with Crippen LogP contribution in [0.2, 0.25) is 0 Å². The molecule has 0 aliphatic carbocycles. The highest BCUT2D eigenvalue weighted by Gasteiger charge is 2.22. The topological polar surface area (TPSA) is 24.4 Å². The van der Waals surface area contributed by atoms with Gasteiger partial charge in [-0.25, -0.2) is 0 Å². The van der Waals surface area contributed by atoms with E-state index >= 15 is 0 Å². The lowest BCUT2D eigenvalue weighted by atomic mass is 9.96. The average Bonchev–Trinajstić information content (AvgIpc) is 2.89. The van der Waals surface area contributed by atoms with Crippen molar-refractivity contribution in [2.75, 3.05) is 5.75 Å². The normalized spacial score (nSPS) is 20.4. The van der Waals surface area contributed by atoms with Gasteiger partial charge in [0.05, 0.1) is 6.04 Å². The molecule has 1 N–H and O–H groups in total. The Hall–Kier alpha value is -0.960. The summed E-state index contributed by atoms with van der Waals surface area (Å²) in [5.41, 5.74) is 1.32. The van der Waals surface area contributed by atoms with Gasteiger partial charge >= 0.3 is 0 Å². The van der Waals surface area contributed by atoms with Crippen molar-refractivity contribution >= 4 is 16.9 Å². The van der Waals surface area contributed by atoms with Crippen molar-refractivity contribution in [3.63, 3.8) is 0 Å². The van der Waals surface area contributed by atoms with Crippen molar-refractivity contribution in [2.24, 2.45) is 10.9 Å². The van der Waals surface area contributed by atoms with Gasteiger partial charge < -0.3 is 5.32 Å². The number of amidine groups is 1. The molecule has 2 unspecified atom stereocenters. The molecule has 0 spiro atoms. The number of hydrogen-bond donors (Lipinski definition) is 1. The minimum Gasteiger partial charge on any atom is -0.362 e. The van der Waals surface area contributed by atoms with Gasteiger partial charge in [-0.1, -0.05) is 68.8 Å². The molecule has 19 heavy (non-hydrogen) atoms. The van der Waals surface area contributed by atoms with Crippen molar-refractivity contribution in [1.29, 1.82) is 0 Å². The van der Waals surface area contributed by atoms with Gasteiger partial charge in [-0.15, -0.1) is 0 Å². The van der Waals surface area contributed by atoms with Crippen LogP contribution in [0.3, 0.4) is 0 Å².